The number of fused-ring (bicyclic) bond motifs is 3. The molecular weight excluding hydrogens is 312 g/mol. The number of H-pyrrole nitrogens is 1. The molecule has 0 spiro atoms. The van der Waals surface area contributed by atoms with E-state index in [0.29, 0.717) is 39.1 Å². The van der Waals surface area contributed by atoms with Crippen LogP contribution in [0, 0.1) is 18.8 Å². The van der Waals surface area contributed by atoms with E-state index in [0.717, 1.165) is 18.2 Å². The molecule has 2 aromatic heterocycles. The minimum absolute atomic E-state index is 0.128. The average molecular weight is 332 g/mol. The van der Waals surface area contributed by atoms with E-state index in [1.54, 1.807) is 13.8 Å². The molecular formula is C17H20N2O3S. The molecule has 3 atom stereocenters. The largest absolute Gasteiger partial charge is 0.462 e. The van der Waals surface area contributed by atoms with Gasteiger partial charge in [-0.15, -0.1) is 11.3 Å². The SMILES string of the molecule is CCOC(=O)c1sc2nc([C@H]3C[C@H]4CC[C@H]3C4)[nH]c(=O)c2c1C. The topological polar surface area (TPSA) is 72.0 Å². The fourth-order valence-corrected chi connectivity index (χ4v) is 5.39. The van der Waals surface area contributed by atoms with Gasteiger partial charge in [-0.05, 0) is 50.5 Å². The lowest BCUT2D eigenvalue weighted by atomic mass is 9.88. The maximum atomic E-state index is 12.5. The van der Waals surface area contributed by atoms with Gasteiger partial charge in [0, 0.05) is 5.92 Å². The van der Waals surface area contributed by atoms with Gasteiger partial charge in [0.15, 0.2) is 0 Å². The highest BCUT2D eigenvalue weighted by molar-refractivity contribution is 7.20. The first-order valence-electron chi connectivity index (χ1n) is 8.29. The lowest BCUT2D eigenvalue weighted by Gasteiger charge is -2.20. The van der Waals surface area contributed by atoms with Crippen LogP contribution >= 0.6 is 11.3 Å². The zero-order valence-corrected chi connectivity index (χ0v) is 14.2. The van der Waals surface area contributed by atoms with Gasteiger partial charge in [0.1, 0.15) is 15.5 Å². The van der Waals surface area contributed by atoms with Gasteiger partial charge >= 0.3 is 5.97 Å². The zero-order valence-electron chi connectivity index (χ0n) is 13.3. The first-order valence-corrected chi connectivity index (χ1v) is 9.10. The van der Waals surface area contributed by atoms with Crippen LogP contribution in [-0.4, -0.2) is 22.5 Å². The summed E-state index contributed by atoms with van der Waals surface area (Å²) in [5.74, 6) is 2.27. The fraction of sp³-hybridized carbons (Fsp3) is 0.588. The van der Waals surface area contributed by atoms with Crippen LogP contribution in [0.5, 0.6) is 0 Å². The zero-order chi connectivity index (χ0) is 16.1. The number of hydrogen-bond acceptors (Lipinski definition) is 5. The lowest BCUT2D eigenvalue weighted by molar-refractivity contribution is 0.0531. The molecule has 0 amide bonds. The Bertz CT molecular complexity index is 838. The summed E-state index contributed by atoms with van der Waals surface area (Å²) in [7, 11) is 0. The van der Waals surface area contributed by atoms with Crippen LogP contribution in [0.1, 0.15) is 59.6 Å². The highest BCUT2D eigenvalue weighted by Crippen LogP contribution is 2.52. The molecule has 2 aromatic rings. The summed E-state index contributed by atoms with van der Waals surface area (Å²) in [5.41, 5.74) is 0.550. The van der Waals surface area contributed by atoms with Crippen molar-refractivity contribution in [3.05, 3.63) is 26.6 Å². The van der Waals surface area contributed by atoms with Crippen molar-refractivity contribution in [3.63, 3.8) is 0 Å². The Morgan fingerprint density at radius 1 is 1.39 bits per heavy atom. The van der Waals surface area contributed by atoms with Crippen LogP contribution in [0.3, 0.4) is 0 Å². The molecule has 23 heavy (non-hydrogen) atoms. The van der Waals surface area contributed by atoms with Gasteiger partial charge in [0.05, 0.1) is 12.0 Å². The summed E-state index contributed by atoms with van der Waals surface area (Å²) in [5, 5.41) is 0.532. The van der Waals surface area contributed by atoms with Gasteiger partial charge < -0.3 is 9.72 Å². The summed E-state index contributed by atoms with van der Waals surface area (Å²) >= 11 is 1.27. The minimum atomic E-state index is -0.367. The second-order valence-corrected chi connectivity index (χ2v) is 7.69. The maximum Gasteiger partial charge on any atom is 0.348 e. The van der Waals surface area contributed by atoms with Crippen LogP contribution in [0.2, 0.25) is 0 Å². The van der Waals surface area contributed by atoms with E-state index in [1.807, 2.05) is 0 Å². The molecule has 2 saturated carbocycles. The normalized spacial score (nSPS) is 26.1. The Hall–Kier alpha value is -1.69. The van der Waals surface area contributed by atoms with Gasteiger partial charge in [-0.2, -0.15) is 0 Å². The Labute approximate surface area is 138 Å². The summed E-state index contributed by atoms with van der Waals surface area (Å²) in [6, 6.07) is 0. The van der Waals surface area contributed by atoms with Crippen molar-refractivity contribution in [1.82, 2.24) is 9.97 Å². The van der Waals surface area contributed by atoms with E-state index in [1.165, 1.54) is 30.6 Å². The predicted octanol–water partition coefficient (Wildman–Crippen LogP) is 3.37. The quantitative estimate of drug-likeness (QED) is 0.875. The summed E-state index contributed by atoms with van der Waals surface area (Å²) < 4.78 is 5.08. The molecule has 2 fully saturated rings. The van der Waals surface area contributed by atoms with Gasteiger partial charge in [0.2, 0.25) is 0 Å². The molecule has 2 aliphatic rings. The van der Waals surface area contributed by atoms with Crippen molar-refractivity contribution in [1.29, 1.82) is 0 Å². The third-order valence-corrected chi connectivity index (χ3v) is 6.53. The molecule has 0 unspecified atom stereocenters. The standard InChI is InChI=1S/C17H20N2O3S/c1-3-22-17(21)13-8(2)12-15(20)18-14(19-16(12)23-13)11-7-9-4-5-10(11)6-9/h9-11H,3-7H2,1-2H3,(H,18,19,20)/t9-,10-,11-/m0/s1. The summed E-state index contributed by atoms with van der Waals surface area (Å²) in [4.78, 5) is 33.4. The number of nitrogens with one attached hydrogen (secondary N) is 1. The number of esters is 1. The minimum Gasteiger partial charge on any atom is -0.462 e. The average Bonchev–Trinajstić information content (AvgIpc) is 3.21. The molecule has 2 heterocycles. The van der Waals surface area contributed by atoms with Crippen LogP contribution in [0.4, 0.5) is 0 Å². The third-order valence-electron chi connectivity index (χ3n) is 5.37. The van der Waals surface area contributed by atoms with Crippen molar-refractivity contribution in [2.24, 2.45) is 11.8 Å². The second kappa shape index (κ2) is 5.44. The predicted molar refractivity (Wildman–Crippen MR) is 89.1 cm³/mol. The molecule has 2 aliphatic carbocycles. The number of ether oxygens (including phenoxy) is 1. The number of carbonyl (C=O) groups excluding carboxylic acids is 1. The smallest absolute Gasteiger partial charge is 0.348 e. The van der Waals surface area contributed by atoms with Crippen molar-refractivity contribution >= 4 is 27.5 Å². The lowest BCUT2D eigenvalue weighted by Crippen LogP contribution is -2.18. The molecule has 6 heteroatoms. The molecule has 2 bridgehead atoms. The third kappa shape index (κ3) is 2.31. The number of aromatic amines is 1. The monoisotopic (exact) mass is 332 g/mol. The van der Waals surface area contributed by atoms with Crippen LogP contribution in [0.15, 0.2) is 4.79 Å². The Morgan fingerprint density at radius 3 is 2.87 bits per heavy atom. The molecule has 0 radical (unpaired) electrons. The van der Waals surface area contributed by atoms with Crippen molar-refractivity contribution in [3.8, 4) is 0 Å². The number of aryl methyl sites for hydroxylation is 1. The number of carbonyl (C=O) groups is 1. The van der Waals surface area contributed by atoms with E-state index in [-0.39, 0.29) is 11.5 Å². The van der Waals surface area contributed by atoms with Gasteiger partial charge in [0.25, 0.3) is 5.56 Å². The van der Waals surface area contributed by atoms with Crippen LogP contribution < -0.4 is 5.56 Å². The Kier molecular flexibility index (Phi) is 3.52. The highest BCUT2D eigenvalue weighted by Gasteiger charge is 2.41. The van der Waals surface area contributed by atoms with Crippen molar-refractivity contribution in [2.45, 2.75) is 45.4 Å². The number of nitrogens with zero attached hydrogens (tertiary/aromatic N) is 1. The summed E-state index contributed by atoms with van der Waals surface area (Å²) in [6.45, 7) is 3.89. The summed E-state index contributed by atoms with van der Waals surface area (Å²) in [6.07, 6.45) is 4.96. The van der Waals surface area contributed by atoms with Gasteiger partial charge in [-0.25, -0.2) is 9.78 Å². The number of rotatable bonds is 3. The van der Waals surface area contributed by atoms with E-state index in [9.17, 15) is 9.59 Å². The molecule has 0 saturated heterocycles. The van der Waals surface area contributed by atoms with Crippen molar-refractivity contribution in [2.75, 3.05) is 6.61 Å². The highest BCUT2D eigenvalue weighted by atomic mass is 32.1. The van der Waals surface area contributed by atoms with Crippen LogP contribution in [-0.2, 0) is 4.74 Å². The maximum absolute atomic E-state index is 12.5. The fourth-order valence-electron chi connectivity index (χ4n) is 4.31. The van der Waals surface area contributed by atoms with E-state index in [2.05, 4.69) is 4.98 Å². The molecule has 5 nitrogen and oxygen atoms in total. The first kappa shape index (κ1) is 14.9. The molecule has 0 aromatic carbocycles. The Morgan fingerprint density at radius 2 is 2.22 bits per heavy atom. The second-order valence-electron chi connectivity index (χ2n) is 6.69. The van der Waals surface area contributed by atoms with E-state index < -0.39 is 0 Å². The molecule has 0 aliphatic heterocycles. The number of aromatic nitrogens is 2. The molecule has 4 rings (SSSR count). The molecule has 1 N–H and O–H groups in total. The number of hydrogen-bond donors (Lipinski definition) is 1. The first-order chi connectivity index (χ1) is 11.1. The van der Waals surface area contributed by atoms with Crippen molar-refractivity contribution < 1.29 is 9.53 Å². The van der Waals surface area contributed by atoms with Crippen LogP contribution in [0.25, 0.3) is 10.2 Å². The van der Waals surface area contributed by atoms with Gasteiger partial charge in [-0.1, -0.05) is 6.42 Å². The Balaban J connectivity index is 1.78. The van der Waals surface area contributed by atoms with Gasteiger partial charge in [-0.3, -0.25) is 4.79 Å². The van der Waals surface area contributed by atoms with E-state index >= 15 is 0 Å². The van der Waals surface area contributed by atoms with E-state index in [4.69, 9.17) is 9.72 Å². The number of thiophene rings is 1. The molecule has 122 valence electrons.